The molecule has 0 heterocycles. The maximum Gasteiger partial charge on any atom is 0.134 e. The minimum absolute atomic E-state index is 0.164. The molecule has 21 heavy (non-hydrogen) atoms. The van der Waals surface area contributed by atoms with Crippen LogP contribution in [0.5, 0.6) is 0 Å². The highest BCUT2D eigenvalue weighted by molar-refractivity contribution is 5.81. The van der Waals surface area contributed by atoms with Crippen LogP contribution in [0.25, 0.3) is 0 Å². The largest absolute Gasteiger partial charge is 0.300 e. The number of carbonyl (C=O) groups is 1. The van der Waals surface area contributed by atoms with Crippen molar-refractivity contribution >= 4 is 5.78 Å². The Hall–Kier alpha value is -0.850. The monoisotopic (exact) mass is 284 g/mol. The minimum Gasteiger partial charge on any atom is -0.300 e. The summed E-state index contributed by atoms with van der Waals surface area (Å²) in [5.74, 6) is 2.59. The molecule has 0 aliphatic heterocycles. The van der Waals surface area contributed by atoms with E-state index in [9.17, 15) is 4.79 Å². The van der Waals surface area contributed by atoms with Gasteiger partial charge in [-0.15, -0.1) is 0 Å². The van der Waals surface area contributed by atoms with Crippen LogP contribution in [0.3, 0.4) is 0 Å². The third-order valence-corrected chi connectivity index (χ3v) is 7.74. The van der Waals surface area contributed by atoms with E-state index >= 15 is 0 Å². The average molecular weight is 284 g/mol. The zero-order chi connectivity index (χ0) is 15.0. The van der Waals surface area contributed by atoms with Gasteiger partial charge in [-0.25, -0.2) is 0 Å². The first-order chi connectivity index (χ1) is 9.80. The van der Waals surface area contributed by atoms with Gasteiger partial charge < -0.3 is 0 Å². The van der Waals surface area contributed by atoms with Gasteiger partial charge in [0.25, 0.3) is 0 Å². The first-order valence-electron chi connectivity index (χ1n) is 8.68. The fourth-order valence-corrected chi connectivity index (χ4v) is 6.93. The number of fused-ring (bicyclic) bond motifs is 1. The Morgan fingerprint density at radius 3 is 2.67 bits per heavy atom. The van der Waals surface area contributed by atoms with Crippen molar-refractivity contribution in [1.29, 1.82) is 0 Å². The van der Waals surface area contributed by atoms with E-state index in [0.717, 1.165) is 25.2 Å². The first-order valence-corrected chi connectivity index (χ1v) is 8.68. The quantitative estimate of drug-likeness (QED) is 0.576. The van der Waals surface area contributed by atoms with Crippen molar-refractivity contribution in [2.75, 3.05) is 0 Å². The summed E-state index contributed by atoms with van der Waals surface area (Å²) in [6.07, 6.45) is 12.9. The van der Waals surface area contributed by atoms with E-state index in [1.165, 1.54) is 12.8 Å². The molecule has 114 valence electrons. The van der Waals surface area contributed by atoms with Crippen molar-refractivity contribution in [3.8, 4) is 0 Å². The second-order valence-corrected chi connectivity index (χ2v) is 9.11. The number of hydrogen-bond acceptors (Lipinski definition) is 1. The first kappa shape index (κ1) is 13.8. The third-order valence-electron chi connectivity index (χ3n) is 7.74. The molecule has 5 atom stereocenters. The van der Waals surface area contributed by atoms with Gasteiger partial charge in [-0.3, -0.25) is 4.79 Å². The minimum atomic E-state index is 0.164. The van der Waals surface area contributed by atoms with Crippen LogP contribution in [0.4, 0.5) is 0 Å². The Morgan fingerprint density at radius 1 is 1.14 bits per heavy atom. The van der Waals surface area contributed by atoms with Crippen molar-refractivity contribution in [3.63, 3.8) is 0 Å². The van der Waals surface area contributed by atoms with Crippen molar-refractivity contribution in [2.24, 2.45) is 34.0 Å². The van der Waals surface area contributed by atoms with Gasteiger partial charge in [0.1, 0.15) is 5.78 Å². The van der Waals surface area contributed by atoms with Crippen LogP contribution in [0.1, 0.15) is 59.8 Å². The second-order valence-electron chi connectivity index (χ2n) is 9.11. The Balaban J connectivity index is 1.86. The average Bonchev–Trinajstić information content (AvgIpc) is 2.66. The van der Waals surface area contributed by atoms with E-state index in [1.54, 1.807) is 5.57 Å². The van der Waals surface area contributed by atoms with Gasteiger partial charge in [-0.2, -0.15) is 0 Å². The fraction of sp³-hybridized carbons (Fsp3) is 0.750. The van der Waals surface area contributed by atoms with E-state index in [4.69, 9.17) is 0 Å². The third kappa shape index (κ3) is 1.51. The molecule has 2 saturated carbocycles. The summed E-state index contributed by atoms with van der Waals surface area (Å²) in [6, 6.07) is 0. The molecular formula is C20H28O. The number of carbonyl (C=O) groups excluding carboxylic acids is 1. The zero-order valence-electron chi connectivity index (χ0n) is 13.9. The summed E-state index contributed by atoms with van der Waals surface area (Å²) in [6.45, 7) is 9.42. The van der Waals surface area contributed by atoms with Gasteiger partial charge in [-0.1, -0.05) is 44.6 Å². The smallest absolute Gasteiger partial charge is 0.134 e. The molecule has 1 heteroatoms. The van der Waals surface area contributed by atoms with E-state index < -0.39 is 0 Å². The molecular weight excluding hydrogens is 256 g/mol. The van der Waals surface area contributed by atoms with Gasteiger partial charge in [0.2, 0.25) is 0 Å². The summed E-state index contributed by atoms with van der Waals surface area (Å²) >= 11 is 0. The van der Waals surface area contributed by atoms with Crippen molar-refractivity contribution in [3.05, 3.63) is 23.8 Å². The molecule has 2 fully saturated rings. The topological polar surface area (TPSA) is 17.1 Å². The van der Waals surface area contributed by atoms with Crippen LogP contribution in [-0.2, 0) is 4.79 Å². The second kappa shape index (κ2) is 3.91. The van der Waals surface area contributed by atoms with E-state index in [2.05, 4.69) is 45.9 Å². The van der Waals surface area contributed by atoms with Crippen LogP contribution in [-0.4, -0.2) is 5.78 Å². The lowest BCUT2D eigenvalue weighted by atomic mass is 9.39. The van der Waals surface area contributed by atoms with E-state index in [-0.39, 0.29) is 16.2 Å². The summed E-state index contributed by atoms with van der Waals surface area (Å²) in [5.41, 5.74) is 2.16. The molecule has 0 aromatic rings. The van der Waals surface area contributed by atoms with Gasteiger partial charge in [0.15, 0.2) is 0 Å². The molecule has 0 radical (unpaired) electrons. The number of hydrogen-bond donors (Lipinski definition) is 0. The molecule has 0 aromatic carbocycles. The Labute approximate surface area is 128 Å². The predicted octanol–water partition coefficient (Wildman–Crippen LogP) is 4.93. The van der Waals surface area contributed by atoms with Gasteiger partial charge in [0.05, 0.1) is 0 Å². The molecule has 0 saturated heterocycles. The molecule has 4 rings (SSSR count). The van der Waals surface area contributed by atoms with Crippen molar-refractivity contribution in [1.82, 2.24) is 0 Å². The fourth-order valence-electron chi connectivity index (χ4n) is 6.93. The van der Waals surface area contributed by atoms with Crippen LogP contribution in [0.2, 0.25) is 0 Å². The number of rotatable bonds is 0. The SMILES string of the molecule is CC1=CC[C@@]23C=C[C@@H]1[C@@H]2CC[C@H]1C(C)(C)CC(=O)C[C@@]13C. The maximum atomic E-state index is 12.5. The summed E-state index contributed by atoms with van der Waals surface area (Å²) in [5, 5.41) is 0. The standard InChI is InChI=1S/C20H28O/c1-13-7-9-20-10-8-15(13)16(20)5-6-17-18(2,3)11-14(21)12-19(17,20)4/h7-8,10,15-17H,5-6,9,11-12H2,1-4H3/t15-,16-,17-,19-,20+/m0/s1. The Bertz CT molecular complexity index is 566. The summed E-state index contributed by atoms with van der Waals surface area (Å²) in [7, 11) is 0. The predicted molar refractivity (Wildman–Crippen MR) is 85.8 cm³/mol. The van der Waals surface area contributed by atoms with Gasteiger partial charge in [0, 0.05) is 24.2 Å². The van der Waals surface area contributed by atoms with Gasteiger partial charge >= 0.3 is 0 Å². The molecule has 1 nitrogen and oxygen atoms in total. The summed E-state index contributed by atoms with van der Waals surface area (Å²) < 4.78 is 0. The molecule has 4 aliphatic carbocycles. The molecule has 0 aromatic heterocycles. The van der Waals surface area contributed by atoms with Crippen LogP contribution in [0.15, 0.2) is 23.8 Å². The lowest BCUT2D eigenvalue weighted by Crippen LogP contribution is -2.59. The highest BCUT2D eigenvalue weighted by Gasteiger charge is 2.65. The van der Waals surface area contributed by atoms with Gasteiger partial charge in [-0.05, 0) is 48.9 Å². The van der Waals surface area contributed by atoms with Crippen LogP contribution >= 0.6 is 0 Å². The van der Waals surface area contributed by atoms with Crippen molar-refractivity contribution in [2.45, 2.75) is 59.8 Å². The number of Topliss-reactive ketones (excluding diaryl/α,β-unsaturated/α-hetero) is 1. The van der Waals surface area contributed by atoms with Crippen LogP contribution in [0, 0.1) is 34.0 Å². The normalized spacial score (nSPS) is 50.4. The highest BCUT2D eigenvalue weighted by atomic mass is 16.1. The Kier molecular flexibility index (Phi) is 2.57. The highest BCUT2D eigenvalue weighted by Crippen LogP contribution is 2.71. The maximum absolute atomic E-state index is 12.5. The lowest BCUT2D eigenvalue weighted by molar-refractivity contribution is -0.159. The molecule has 4 aliphatic rings. The molecule has 0 N–H and O–H groups in total. The molecule has 0 amide bonds. The summed E-state index contributed by atoms with van der Waals surface area (Å²) in [4.78, 5) is 12.5. The number of allylic oxidation sites excluding steroid dienone is 4. The number of ketones is 1. The zero-order valence-corrected chi connectivity index (χ0v) is 13.9. The van der Waals surface area contributed by atoms with Crippen LogP contribution < -0.4 is 0 Å². The van der Waals surface area contributed by atoms with E-state index in [0.29, 0.717) is 17.6 Å². The molecule has 0 unspecified atom stereocenters. The lowest BCUT2D eigenvalue weighted by Gasteiger charge is -2.64. The Morgan fingerprint density at radius 2 is 1.90 bits per heavy atom. The molecule has 2 bridgehead atoms. The molecule has 0 spiro atoms. The van der Waals surface area contributed by atoms with E-state index in [1.807, 2.05) is 0 Å². The van der Waals surface area contributed by atoms with Crippen molar-refractivity contribution < 1.29 is 4.79 Å².